The molecule has 0 unspecified atom stereocenters. The van der Waals surface area contributed by atoms with E-state index in [0.717, 1.165) is 25.7 Å². The van der Waals surface area contributed by atoms with Crippen molar-refractivity contribution in [2.75, 3.05) is 6.54 Å². The monoisotopic (exact) mass is 218 g/mol. The molecule has 2 rings (SSSR count). The first-order valence-electron chi connectivity index (χ1n) is 5.93. The molecule has 1 aromatic heterocycles. The number of Topliss-reactive ketones (excluding diaryl/α,β-unsaturated/α-hetero) is 1. The van der Waals surface area contributed by atoms with Gasteiger partial charge in [-0.15, -0.1) is 0 Å². The van der Waals surface area contributed by atoms with Crippen LogP contribution >= 0.6 is 0 Å². The summed E-state index contributed by atoms with van der Waals surface area (Å²) < 4.78 is 0. The van der Waals surface area contributed by atoms with E-state index in [1.165, 1.54) is 6.42 Å². The van der Waals surface area contributed by atoms with Crippen molar-refractivity contribution in [2.45, 2.75) is 32.1 Å². The van der Waals surface area contributed by atoms with E-state index in [4.69, 9.17) is 5.73 Å². The zero-order chi connectivity index (χ0) is 11.4. The fourth-order valence-electron chi connectivity index (χ4n) is 2.56. The average molecular weight is 218 g/mol. The Labute approximate surface area is 96.1 Å². The van der Waals surface area contributed by atoms with Crippen molar-refractivity contribution in [3.63, 3.8) is 0 Å². The Morgan fingerprint density at radius 1 is 1.38 bits per heavy atom. The molecule has 1 saturated carbocycles. The number of nitrogens with zero attached hydrogens (tertiary/aromatic N) is 1. The first kappa shape index (κ1) is 11.3. The molecule has 1 heterocycles. The van der Waals surface area contributed by atoms with Gasteiger partial charge in [-0.05, 0) is 25.0 Å². The third-order valence-corrected chi connectivity index (χ3v) is 3.61. The Bertz CT molecular complexity index is 355. The van der Waals surface area contributed by atoms with Gasteiger partial charge < -0.3 is 5.73 Å². The fraction of sp³-hybridized carbons (Fsp3) is 0.538. The largest absolute Gasteiger partial charge is 0.329 e. The van der Waals surface area contributed by atoms with Crippen molar-refractivity contribution in [3.8, 4) is 0 Å². The van der Waals surface area contributed by atoms with Gasteiger partial charge in [-0.3, -0.25) is 9.78 Å². The van der Waals surface area contributed by atoms with E-state index >= 15 is 0 Å². The summed E-state index contributed by atoms with van der Waals surface area (Å²) in [4.78, 5) is 16.4. The molecule has 86 valence electrons. The number of rotatable bonds is 3. The van der Waals surface area contributed by atoms with Crippen molar-refractivity contribution in [2.24, 2.45) is 11.1 Å². The lowest BCUT2D eigenvalue weighted by molar-refractivity contribution is 0.0729. The van der Waals surface area contributed by atoms with Crippen LogP contribution in [0.4, 0.5) is 0 Å². The maximum atomic E-state index is 12.4. The highest BCUT2D eigenvalue weighted by Gasteiger charge is 2.38. The van der Waals surface area contributed by atoms with Crippen molar-refractivity contribution in [1.82, 2.24) is 4.98 Å². The van der Waals surface area contributed by atoms with Gasteiger partial charge in [0.2, 0.25) is 0 Å². The Morgan fingerprint density at radius 3 is 2.69 bits per heavy atom. The lowest BCUT2D eigenvalue weighted by atomic mass is 9.70. The van der Waals surface area contributed by atoms with Crippen molar-refractivity contribution >= 4 is 5.78 Å². The topological polar surface area (TPSA) is 56.0 Å². The number of hydrogen-bond acceptors (Lipinski definition) is 3. The van der Waals surface area contributed by atoms with Crippen LogP contribution in [0.1, 0.15) is 42.5 Å². The van der Waals surface area contributed by atoms with Crippen molar-refractivity contribution in [3.05, 3.63) is 30.1 Å². The SMILES string of the molecule is NCC1(C(=O)c2cccnc2)CCCCC1. The van der Waals surface area contributed by atoms with Crippen LogP contribution in [0.25, 0.3) is 0 Å². The maximum absolute atomic E-state index is 12.4. The molecule has 3 nitrogen and oxygen atoms in total. The normalized spacial score (nSPS) is 19.3. The van der Waals surface area contributed by atoms with Gasteiger partial charge in [0.25, 0.3) is 0 Å². The second-order valence-electron chi connectivity index (χ2n) is 4.62. The van der Waals surface area contributed by atoms with Gasteiger partial charge in [-0.1, -0.05) is 19.3 Å². The zero-order valence-electron chi connectivity index (χ0n) is 9.48. The molecule has 16 heavy (non-hydrogen) atoms. The van der Waals surface area contributed by atoms with Gasteiger partial charge in [0.1, 0.15) is 0 Å². The third kappa shape index (κ3) is 2.00. The van der Waals surface area contributed by atoms with E-state index < -0.39 is 0 Å². The Balaban J connectivity index is 2.24. The summed E-state index contributed by atoms with van der Waals surface area (Å²) >= 11 is 0. The minimum Gasteiger partial charge on any atom is -0.329 e. The summed E-state index contributed by atoms with van der Waals surface area (Å²) in [6.07, 6.45) is 8.64. The van der Waals surface area contributed by atoms with Crippen LogP contribution < -0.4 is 5.73 Å². The summed E-state index contributed by atoms with van der Waals surface area (Å²) in [5.41, 5.74) is 6.22. The molecule has 0 aliphatic heterocycles. The molecular formula is C13H18N2O. The van der Waals surface area contributed by atoms with Crippen LogP contribution in [0.5, 0.6) is 0 Å². The van der Waals surface area contributed by atoms with Crippen LogP contribution in [0.2, 0.25) is 0 Å². The minimum absolute atomic E-state index is 0.183. The van der Waals surface area contributed by atoms with Gasteiger partial charge in [0.05, 0.1) is 0 Å². The Kier molecular flexibility index (Phi) is 3.34. The second-order valence-corrected chi connectivity index (χ2v) is 4.62. The molecule has 0 amide bonds. The first-order valence-corrected chi connectivity index (χ1v) is 5.93. The third-order valence-electron chi connectivity index (χ3n) is 3.61. The molecule has 0 saturated heterocycles. The van der Waals surface area contributed by atoms with Gasteiger partial charge in [0.15, 0.2) is 5.78 Å². The molecule has 1 aliphatic rings. The number of ketones is 1. The van der Waals surface area contributed by atoms with Crippen LogP contribution in [-0.4, -0.2) is 17.3 Å². The highest BCUT2D eigenvalue weighted by atomic mass is 16.1. The van der Waals surface area contributed by atoms with Crippen molar-refractivity contribution in [1.29, 1.82) is 0 Å². The summed E-state index contributed by atoms with van der Waals surface area (Å²) in [5.74, 6) is 0.183. The van der Waals surface area contributed by atoms with Crippen LogP contribution in [0.3, 0.4) is 0 Å². The number of nitrogens with two attached hydrogens (primary N) is 1. The molecule has 3 heteroatoms. The standard InChI is InChI=1S/C13H18N2O/c14-10-13(6-2-1-3-7-13)12(16)11-5-4-8-15-9-11/h4-5,8-9H,1-3,6-7,10,14H2. The molecule has 1 aliphatic carbocycles. The molecule has 1 fully saturated rings. The average Bonchev–Trinajstić information content (AvgIpc) is 2.39. The van der Waals surface area contributed by atoms with E-state index in [1.807, 2.05) is 6.07 Å². The number of carbonyl (C=O) groups is 1. The van der Waals surface area contributed by atoms with Gasteiger partial charge >= 0.3 is 0 Å². The summed E-state index contributed by atoms with van der Waals surface area (Å²) in [7, 11) is 0. The first-order chi connectivity index (χ1) is 7.78. The molecule has 0 aromatic carbocycles. The maximum Gasteiger partial charge on any atom is 0.171 e. The van der Waals surface area contributed by atoms with E-state index in [-0.39, 0.29) is 11.2 Å². The molecule has 0 radical (unpaired) electrons. The quantitative estimate of drug-likeness (QED) is 0.791. The predicted molar refractivity (Wildman–Crippen MR) is 63.1 cm³/mol. The predicted octanol–water partition coefficient (Wildman–Crippen LogP) is 2.17. The van der Waals surface area contributed by atoms with E-state index in [9.17, 15) is 4.79 Å². The number of pyridine rings is 1. The molecule has 1 aromatic rings. The Hall–Kier alpha value is -1.22. The van der Waals surface area contributed by atoms with Crippen molar-refractivity contribution < 1.29 is 4.79 Å². The number of hydrogen-bond donors (Lipinski definition) is 1. The lowest BCUT2D eigenvalue weighted by Crippen LogP contribution is -2.40. The summed E-state index contributed by atoms with van der Waals surface area (Å²) in [6, 6.07) is 3.64. The van der Waals surface area contributed by atoms with E-state index in [0.29, 0.717) is 12.1 Å². The minimum atomic E-state index is -0.318. The number of carbonyl (C=O) groups excluding carboxylic acids is 1. The zero-order valence-corrected chi connectivity index (χ0v) is 9.48. The van der Waals surface area contributed by atoms with Crippen LogP contribution in [0, 0.1) is 5.41 Å². The second kappa shape index (κ2) is 4.74. The highest BCUT2D eigenvalue weighted by Crippen LogP contribution is 2.38. The van der Waals surface area contributed by atoms with Gasteiger partial charge in [0, 0.05) is 29.9 Å². The Morgan fingerprint density at radius 2 is 2.12 bits per heavy atom. The van der Waals surface area contributed by atoms with Gasteiger partial charge in [-0.2, -0.15) is 0 Å². The van der Waals surface area contributed by atoms with E-state index in [2.05, 4.69) is 4.98 Å². The lowest BCUT2D eigenvalue weighted by Gasteiger charge is -2.34. The highest BCUT2D eigenvalue weighted by molar-refractivity contribution is 6.00. The smallest absolute Gasteiger partial charge is 0.171 e. The molecule has 0 spiro atoms. The van der Waals surface area contributed by atoms with Gasteiger partial charge in [-0.25, -0.2) is 0 Å². The number of aromatic nitrogens is 1. The fourth-order valence-corrected chi connectivity index (χ4v) is 2.56. The van der Waals surface area contributed by atoms with E-state index in [1.54, 1.807) is 18.5 Å². The molecular weight excluding hydrogens is 200 g/mol. The molecule has 0 atom stereocenters. The van der Waals surface area contributed by atoms with Crippen LogP contribution in [-0.2, 0) is 0 Å². The molecule has 0 bridgehead atoms. The summed E-state index contributed by atoms with van der Waals surface area (Å²) in [6.45, 7) is 0.459. The van der Waals surface area contributed by atoms with Crippen LogP contribution in [0.15, 0.2) is 24.5 Å². The molecule has 2 N–H and O–H groups in total. The summed E-state index contributed by atoms with van der Waals surface area (Å²) in [5, 5.41) is 0.